The van der Waals surface area contributed by atoms with Crippen LogP contribution >= 0.6 is 12.6 Å². The molecule has 0 aliphatic heterocycles. The Morgan fingerprint density at radius 3 is 2.92 bits per heavy atom. The minimum absolute atomic E-state index is 0.400. The summed E-state index contributed by atoms with van der Waals surface area (Å²) in [4.78, 5) is 0. The van der Waals surface area contributed by atoms with E-state index >= 15 is 0 Å². The number of thiol groups is 1. The van der Waals surface area contributed by atoms with Gasteiger partial charge in [0.25, 0.3) is 0 Å². The van der Waals surface area contributed by atoms with E-state index in [9.17, 15) is 0 Å². The molecule has 0 aliphatic rings. The van der Waals surface area contributed by atoms with E-state index in [0.717, 1.165) is 5.56 Å². The first-order valence-electron chi connectivity index (χ1n) is 3.88. The second kappa shape index (κ2) is 4.22. The predicted octanol–water partition coefficient (Wildman–Crippen LogP) is 1.75. The molecule has 1 rings (SSSR count). The fourth-order valence-electron chi connectivity index (χ4n) is 0.827. The molecule has 3 heteroatoms. The SMILES string of the molecule is CC(C)n1cc(C#CCS)cn1. The summed E-state index contributed by atoms with van der Waals surface area (Å²) in [6.45, 7) is 4.17. The van der Waals surface area contributed by atoms with Crippen molar-refractivity contribution in [2.24, 2.45) is 0 Å². The quantitative estimate of drug-likeness (QED) is 0.515. The summed E-state index contributed by atoms with van der Waals surface area (Å²) in [5.41, 5.74) is 0.956. The minimum atomic E-state index is 0.400. The molecule has 0 saturated carbocycles. The van der Waals surface area contributed by atoms with E-state index in [1.165, 1.54) is 0 Å². The van der Waals surface area contributed by atoms with Crippen LogP contribution in [0.3, 0.4) is 0 Å². The van der Waals surface area contributed by atoms with Gasteiger partial charge in [0.05, 0.1) is 17.5 Å². The summed E-state index contributed by atoms with van der Waals surface area (Å²) >= 11 is 4.00. The number of hydrogen-bond donors (Lipinski definition) is 1. The lowest BCUT2D eigenvalue weighted by molar-refractivity contribution is 0.532. The van der Waals surface area contributed by atoms with Crippen LogP contribution in [0.2, 0.25) is 0 Å². The van der Waals surface area contributed by atoms with Crippen molar-refractivity contribution in [3.8, 4) is 11.8 Å². The van der Waals surface area contributed by atoms with Gasteiger partial charge in [0.1, 0.15) is 0 Å². The molecule has 64 valence electrons. The zero-order valence-corrected chi connectivity index (χ0v) is 8.18. The first-order valence-corrected chi connectivity index (χ1v) is 4.51. The molecule has 0 unspecified atom stereocenters. The highest BCUT2D eigenvalue weighted by atomic mass is 32.1. The number of hydrogen-bond acceptors (Lipinski definition) is 2. The van der Waals surface area contributed by atoms with Crippen molar-refractivity contribution in [3.63, 3.8) is 0 Å². The highest BCUT2D eigenvalue weighted by molar-refractivity contribution is 7.80. The van der Waals surface area contributed by atoms with E-state index in [1.807, 2.05) is 10.9 Å². The summed E-state index contributed by atoms with van der Waals surface area (Å²) in [6.07, 6.45) is 3.72. The molecule has 0 fully saturated rings. The van der Waals surface area contributed by atoms with Gasteiger partial charge in [-0.25, -0.2) is 0 Å². The van der Waals surface area contributed by atoms with Gasteiger partial charge in [-0.3, -0.25) is 4.68 Å². The lowest BCUT2D eigenvalue weighted by Gasteiger charge is -2.01. The third-order valence-corrected chi connectivity index (χ3v) is 1.60. The Balaban J connectivity index is 2.77. The van der Waals surface area contributed by atoms with Gasteiger partial charge in [0, 0.05) is 12.2 Å². The first kappa shape index (κ1) is 9.21. The minimum Gasteiger partial charge on any atom is -0.269 e. The van der Waals surface area contributed by atoms with Gasteiger partial charge >= 0.3 is 0 Å². The van der Waals surface area contributed by atoms with Crippen LogP contribution in [0.1, 0.15) is 25.5 Å². The Kier molecular flexibility index (Phi) is 3.24. The van der Waals surface area contributed by atoms with E-state index in [-0.39, 0.29) is 0 Å². The van der Waals surface area contributed by atoms with Crippen molar-refractivity contribution in [1.29, 1.82) is 0 Å². The molecular weight excluding hydrogens is 168 g/mol. The number of nitrogens with zero attached hydrogens (tertiary/aromatic N) is 2. The van der Waals surface area contributed by atoms with Gasteiger partial charge < -0.3 is 0 Å². The molecule has 0 spiro atoms. The zero-order valence-electron chi connectivity index (χ0n) is 7.28. The smallest absolute Gasteiger partial charge is 0.0646 e. The van der Waals surface area contributed by atoms with Crippen molar-refractivity contribution in [1.82, 2.24) is 9.78 Å². The third-order valence-electron chi connectivity index (χ3n) is 1.44. The molecule has 2 nitrogen and oxygen atoms in total. The Morgan fingerprint density at radius 2 is 2.42 bits per heavy atom. The summed E-state index contributed by atoms with van der Waals surface area (Å²) in [7, 11) is 0. The summed E-state index contributed by atoms with van der Waals surface area (Å²) in [5, 5.41) is 4.16. The highest BCUT2D eigenvalue weighted by Crippen LogP contribution is 2.03. The molecular formula is C9H12N2S. The summed E-state index contributed by atoms with van der Waals surface area (Å²) in [6, 6.07) is 0.400. The van der Waals surface area contributed by atoms with Crippen LogP contribution in [0.15, 0.2) is 12.4 Å². The molecule has 1 aromatic rings. The molecule has 0 atom stereocenters. The van der Waals surface area contributed by atoms with Gasteiger partial charge in [-0.2, -0.15) is 17.7 Å². The molecule has 0 bridgehead atoms. The maximum Gasteiger partial charge on any atom is 0.0646 e. The lowest BCUT2D eigenvalue weighted by Crippen LogP contribution is -1.99. The first-order chi connectivity index (χ1) is 5.74. The molecule has 0 saturated heterocycles. The van der Waals surface area contributed by atoms with Gasteiger partial charge in [0.15, 0.2) is 0 Å². The zero-order chi connectivity index (χ0) is 8.97. The highest BCUT2D eigenvalue weighted by Gasteiger charge is 1.97. The van der Waals surface area contributed by atoms with Crippen molar-refractivity contribution >= 4 is 12.6 Å². The van der Waals surface area contributed by atoms with E-state index in [2.05, 4.69) is 43.4 Å². The van der Waals surface area contributed by atoms with E-state index in [0.29, 0.717) is 11.8 Å². The van der Waals surface area contributed by atoms with Gasteiger partial charge in [-0.05, 0) is 13.8 Å². The monoisotopic (exact) mass is 180 g/mol. The Bertz CT molecular complexity index is 304. The van der Waals surface area contributed by atoms with Crippen molar-refractivity contribution < 1.29 is 0 Å². The number of rotatable bonds is 1. The van der Waals surface area contributed by atoms with Crippen molar-refractivity contribution in [2.45, 2.75) is 19.9 Å². The van der Waals surface area contributed by atoms with Gasteiger partial charge in [-0.15, -0.1) is 0 Å². The molecule has 1 aromatic heterocycles. The molecule has 0 N–H and O–H groups in total. The lowest BCUT2D eigenvalue weighted by atomic mass is 10.3. The second-order valence-electron chi connectivity index (χ2n) is 2.76. The summed E-state index contributed by atoms with van der Waals surface area (Å²) in [5.74, 6) is 6.43. The fraction of sp³-hybridized carbons (Fsp3) is 0.444. The van der Waals surface area contributed by atoms with Gasteiger partial charge in [0.2, 0.25) is 0 Å². The maximum atomic E-state index is 4.16. The Hall–Kier alpha value is -0.880. The fourth-order valence-corrected chi connectivity index (χ4v) is 0.906. The normalized spacial score (nSPS) is 9.67. The Labute approximate surface area is 78.4 Å². The molecule has 0 radical (unpaired) electrons. The molecule has 0 amide bonds. The van der Waals surface area contributed by atoms with Crippen LogP contribution in [0, 0.1) is 11.8 Å². The second-order valence-corrected chi connectivity index (χ2v) is 3.08. The van der Waals surface area contributed by atoms with E-state index < -0.39 is 0 Å². The predicted molar refractivity (Wildman–Crippen MR) is 53.3 cm³/mol. The molecule has 0 aromatic carbocycles. The van der Waals surface area contributed by atoms with Crippen LogP contribution in [0.4, 0.5) is 0 Å². The Morgan fingerprint density at radius 1 is 1.67 bits per heavy atom. The topological polar surface area (TPSA) is 17.8 Å². The van der Waals surface area contributed by atoms with Crippen molar-refractivity contribution in [2.75, 3.05) is 5.75 Å². The third kappa shape index (κ3) is 2.31. The van der Waals surface area contributed by atoms with Gasteiger partial charge in [-0.1, -0.05) is 11.8 Å². The number of aromatic nitrogens is 2. The van der Waals surface area contributed by atoms with Crippen LogP contribution < -0.4 is 0 Å². The summed E-state index contributed by atoms with van der Waals surface area (Å²) < 4.78 is 1.89. The molecule has 12 heavy (non-hydrogen) atoms. The van der Waals surface area contributed by atoms with Crippen LogP contribution in [0.25, 0.3) is 0 Å². The van der Waals surface area contributed by atoms with Crippen LogP contribution in [0.5, 0.6) is 0 Å². The van der Waals surface area contributed by atoms with Crippen LogP contribution in [-0.2, 0) is 0 Å². The molecule has 0 aliphatic carbocycles. The standard InChI is InChI=1S/C9H12N2S/c1-8(2)11-7-9(6-10-11)4-3-5-12/h6-8,12H,5H2,1-2H3. The van der Waals surface area contributed by atoms with Crippen molar-refractivity contribution in [3.05, 3.63) is 18.0 Å². The average molecular weight is 180 g/mol. The van der Waals surface area contributed by atoms with Crippen LogP contribution in [-0.4, -0.2) is 15.5 Å². The average Bonchev–Trinajstić information content (AvgIpc) is 2.48. The van der Waals surface area contributed by atoms with E-state index in [1.54, 1.807) is 6.20 Å². The largest absolute Gasteiger partial charge is 0.269 e. The maximum absolute atomic E-state index is 4.16. The molecule has 1 heterocycles. The van der Waals surface area contributed by atoms with E-state index in [4.69, 9.17) is 0 Å².